The molecular weight excluding hydrogens is 168 g/mol. The van der Waals surface area contributed by atoms with E-state index in [1.54, 1.807) is 0 Å². The van der Waals surface area contributed by atoms with Crippen LogP contribution in [0.5, 0.6) is 0 Å². The van der Waals surface area contributed by atoms with E-state index in [4.69, 9.17) is 0 Å². The smallest absolute Gasteiger partial charge is 0.333 e. The first-order valence-electron chi connectivity index (χ1n) is 4.44. The van der Waals surface area contributed by atoms with Crippen LogP contribution in [-0.4, -0.2) is 18.9 Å². The van der Waals surface area contributed by atoms with Crippen molar-refractivity contribution in [2.75, 3.05) is 7.11 Å². The summed E-state index contributed by atoms with van der Waals surface area (Å²) in [6, 6.07) is 0. The zero-order valence-electron chi connectivity index (χ0n) is 7.84. The number of carbonyl (C=O) groups excluding carboxylic acids is 2. The Kier molecular flexibility index (Phi) is 3.23. The van der Waals surface area contributed by atoms with Gasteiger partial charge in [0.05, 0.1) is 7.11 Å². The Hall–Kier alpha value is -1.12. The van der Waals surface area contributed by atoms with Gasteiger partial charge in [0.25, 0.3) is 0 Å². The van der Waals surface area contributed by atoms with Crippen LogP contribution in [0.1, 0.15) is 25.7 Å². The van der Waals surface area contributed by atoms with Gasteiger partial charge in [0.1, 0.15) is 5.78 Å². The first kappa shape index (κ1) is 9.96. The number of rotatable bonds is 3. The number of methoxy groups -OCH3 is 1. The molecule has 72 valence electrons. The molecule has 0 heterocycles. The van der Waals surface area contributed by atoms with Crippen molar-refractivity contribution < 1.29 is 14.3 Å². The molecule has 0 N–H and O–H groups in total. The van der Waals surface area contributed by atoms with E-state index in [2.05, 4.69) is 11.3 Å². The predicted octanol–water partition coefficient (Wildman–Crippen LogP) is 1.47. The minimum atomic E-state index is -0.403. The van der Waals surface area contributed by atoms with Crippen LogP contribution in [0.2, 0.25) is 0 Å². The maximum Gasteiger partial charge on any atom is 0.333 e. The van der Waals surface area contributed by atoms with Crippen molar-refractivity contribution in [2.24, 2.45) is 5.92 Å². The topological polar surface area (TPSA) is 43.4 Å². The average Bonchev–Trinajstić information content (AvgIpc) is 2.50. The molecule has 1 rings (SSSR count). The van der Waals surface area contributed by atoms with Gasteiger partial charge in [0.15, 0.2) is 0 Å². The van der Waals surface area contributed by atoms with Crippen LogP contribution < -0.4 is 0 Å². The molecule has 0 amide bonds. The lowest BCUT2D eigenvalue weighted by molar-refractivity contribution is -0.136. The second-order valence-corrected chi connectivity index (χ2v) is 3.35. The van der Waals surface area contributed by atoms with Crippen LogP contribution in [0.25, 0.3) is 0 Å². The molecule has 3 nitrogen and oxygen atoms in total. The van der Waals surface area contributed by atoms with E-state index in [0.717, 1.165) is 12.8 Å². The molecule has 3 heteroatoms. The molecule has 1 aliphatic rings. The molecule has 0 aromatic rings. The fraction of sp³-hybridized carbons (Fsp3) is 0.600. The third-order valence-electron chi connectivity index (χ3n) is 2.40. The van der Waals surface area contributed by atoms with Crippen molar-refractivity contribution in [1.82, 2.24) is 0 Å². The minimum absolute atomic E-state index is 0.00611. The zero-order chi connectivity index (χ0) is 9.84. The molecule has 0 saturated heterocycles. The number of ketones is 1. The molecule has 0 spiro atoms. The highest BCUT2D eigenvalue weighted by Gasteiger charge is 2.26. The van der Waals surface area contributed by atoms with E-state index in [1.807, 2.05) is 0 Å². The van der Waals surface area contributed by atoms with E-state index in [-0.39, 0.29) is 11.7 Å². The molecule has 1 fully saturated rings. The Bertz CT molecular complexity index is 243. The molecule has 13 heavy (non-hydrogen) atoms. The van der Waals surface area contributed by atoms with Crippen molar-refractivity contribution in [3.8, 4) is 0 Å². The normalized spacial score (nSPS) is 21.6. The van der Waals surface area contributed by atoms with Crippen molar-refractivity contribution >= 4 is 11.8 Å². The Morgan fingerprint density at radius 3 is 2.85 bits per heavy atom. The second kappa shape index (κ2) is 4.21. The summed E-state index contributed by atoms with van der Waals surface area (Å²) < 4.78 is 4.51. The Morgan fingerprint density at radius 2 is 2.38 bits per heavy atom. The van der Waals surface area contributed by atoms with Crippen molar-refractivity contribution in [3.05, 3.63) is 12.2 Å². The van der Waals surface area contributed by atoms with Gasteiger partial charge in [-0.3, -0.25) is 4.79 Å². The lowest BCUT2D eigenvalue weighted by Gasteiger charge is -2.08. The van der Waals surface area contributed by atoms with E-state index in [1.165, 1.54) is 7.11 Å². The molecule has 0 radical (unpaired) electrons. The molecule has 1 unspecified atom stereocenters. The summed E-state index contributed by atoms with van der Waals surface area (Å²) in [6.07, 6.45) is 2.94. The van der Waals surface area contributed by atoms with Crippen LogP contribution in [0.4, 0.5) is 0 Å². The highest BCUT2D eigenvalue weighted by Crippen LogP contribution is 2.26. The maximum atomic E-state index is 11.2. The third-order valence-corrected chi connectivity index (χ3v) is 2.40. The molecule has 1 saturated carbocycles. The van der Waals surface area contributed by atoms with E-state index in [9.17, 15) is 9.59 Å². The number of esters is 1. The number of ether oxygens (including phenoxy) is 1. The van der Waals surface area contributed by atoms with Crippen LogP contribution in [0, 0.1) is 5.92 Å². The van der Waals surface area contributed by atoms with Gasteiger partial charge in [-0.25, -0.2) is 4.79 Å². The highest BCUT2D eigenvalue weighted by atomic mass is 16.5. The Balaban J connectivity index is 2.44. The second-order valence-electron chi connectivity index (χ2n) is 3.35. The van der Waals surface area contributed by atoms with Gasteiger partial charge in [-0.1, -0.05) is 6.58 Å². The molecule has 0 aromatic carbocycles. The SMILES string of the molecule is C=C(CC1CCCC1=O)C(=O)OC. The van der Waals surface area contributed by atoms with Gasteiger partial charge >= 0.3 is 5.97 Å². The summed E-state index contributed by atoms with van der Waals surface area (Å²) >= 11 is 0. The van der Waals surface area contributed by atoms with Crippen molar-refractivity contribution in [2.45, 2.75) is 25.7 Å². The fourth-order valence-corrected chi connectivity index (χ4v) is 1.63. The van der Waals surface area contributed by atoms with Crippen LogP contribution in [0.15, 0.2) is 12.2 Å². The third kappa shape index (κ3) is 2.41. The standard InChI is InChI=1S/C10H14O3/c1-7(10(12)13-2)6-8-4-3-5-9(8)11/h8H,1,3-6H2,2H3. The largest absolute Gasteiger partial charge is 0.466 e. The summed E-state index contributed by atoms with van der Waals surface area (Å²) in [6.45, 7) is 3.60. The quantitative estimate of drug-likeness (QED) is 0.490. The fourth-order valence-electron chi connectivity index (χ4n) is 1.63. The summed E-state index contributed by atoms with van der Waals surface area (Å²) in [4.78, 5) is 22.2. The zero-order valence-corrected chi connectivity index (χ0v) is 7.84. The maximum absolute atomic E-state index is 11.2. The van der Waals surface area contributed by atoms with Gasteiger partial charge < -0.3 is 4.74 Å². The van der Waals surface area contributed by atoms with Crippen LogP contribution >= 0.6 is 0 Å². The van der Waals surface area contributed by atoms with Gasteiger partial charge in [-0.2, -0.15) is 0 Å². The number of hydrogen-bond acceptors (Lipinski definition) is 3. The van der Waals surface area contributed by atoms with Crippen molar-refractivity contribution in [3.63, 3.8) is 0 Å². The average molecular weight is 182 g/mol. The lowest BCUT2D eigenvalue weighted by Crippen LogP contribution is -2.12. The highest BCUT2D eigenvalue weighted by molar-refractivity contribution is 5.90. The molecule has 0 aromatic heterocycles. The summed E-state index contributed by atoms with van der Waals surface area (Å²) in [5, 5.41) is 0. The molecule has 1 aliphatic carbocycles. The lowest BCUT2D eigenvalue weighted by atomic mass is 9.98. The van der Waals surface area contributed by atoms with E-state index >= 15 is 0 Å². The first-order valence-corrected chi connectivity index (χ1v) is 4.44. The Labute approximate surface area is 77.8 Å². The number of Topliss-reactive ketones (excluding diaryl/α,β-unsaturated/α-hetero) is 1. The molecule has 0 bridgehead atoms. The van der Waals surface area contributed by atoms with Crippen LogP contribution in [-0.2, 0) is 14.3 Å². The Morgan fingerprint density at radius 1 is 1.69 bits per heavy atom. The van der Waals surface area contributed by atoms with E-state index in [0.29, 0.717) is 18.4 Å². The summed E-state index contributed by atoms with van der Waals surface area (Å²) in [7, 11) is 1.32. The number of hydrogen-bond donors (Lipinski definition) is 0. The molecule has 0 aliphatic heterocycles. The minimum Gasteiger partial charge on any atom is -0.466 e. The van der Waals surface area contributed by atoms with Crippen molar-refractivity contribution in [1.29, 1.82) is 0 Å². The van der Waals surface area contributed by atoms with Gasteiger partial charge in [0.2, 0.25) is 0 Å². The van der Waals surface area contributed by atoms with Gasteiger partial charge in [-0.15, -0.1) is 0 Å². The molecule has 1 atom stereocenters. The summed E-state index contributed by atoms with van der Waals surface area (Å²) in [5.41, 5.74) is 0.405. The van der Waals surface area contributed by atoms with E-state index < -0.39 is 5.97 Å². The first-order chi connectivity index (χ1) is 6.15. The number of carbonyl (C=O) groups is 2. The monoisotopic (exact) mass is 182 g/mol. The van der Waals surface area contributed by atoms with Crippen LogP contribution in [0.3, 0.4) is 0 Å². The van der Waals surface area contributed by atoms with Gasteiger partial charge in [-0.05, 0) is 19.3 Å². The molecular formula is C10H14O3. The predicted molar refractivity (Wildman–Crippen MR) is 48.1 cm³/mol. The summed E-state index contributed by atoms with van der Waals surface area (Å²) in [5.74, 6) is -0.142. The van der Waals surface area contributed by atoms with Gasteiger partial charge in [0, 0.05) is 17.9 Å².